The van der Waals surface area contributed by atoms with Crippen molar-refractivity contribution in [3.63, 3.8) is 0 Å². The smallest absolute Gasteiger partial charge is 0.221 e. The fourth-order valence-electron chi connectivity index (χ4n) is 3.48. The summed E-state index contributed by atoms with van der Waals surface area (Å²) in [6.07, 6.45) is 0.489. The third-order valence-electron chi connectivity index (χ3n) is 4.97. The molecule has 0 aliphatic carbocycles. The van der Waals surface area contributed by atoms with Gasteiger partial charge >= 0.3 is 0 Å². The average molecular weight is 413 g/mol. The van der Waals surface area contributed by atoms with Gasteiger partial charge in [0, 0.05) is 44.2 Å². The molecule has 0 radical (unpaired) electrons. The van der Waals surface area contributed by atoms with E-state index in [1.54, 1.807) is 7.11 Å². The molecule has 7 nitrogen and oxygen atoms in total. The first-order chi connectivity index (χ1) is 14.1. The summed E-state index contributed by atoms with van der Waals surface area (Å²) in [5, 5.41) is 3.00. The van der Waals surface area contributed by atoms with Crippen molar-refractivity contribution >= 4 is 28.7 Å². The van der Waals surface area contributed by atoms with Gasteiger partial charge in [-0.2, -0.15) is 8.75 Å². The molecule has 0 saturated heterocycles. The predicted octanol–water partition coefficient (Wildman–Crippen LogP) is 2.99. The van der Waals surface area contributed by atoms with Gasteiger partial charge in [0.2, 0.25) is 5.91 Å². The van der Waals surface area contributed by atoms with Gasteiger partial charge in [0.1, 0.15) is 28.6 Å². The van der Waals surface area contributed by atoms with Gasteiger partial charge in [0.25, 0.3) is 0 Å². The number of benzene rings is 2. The molecule has 2 aromatic carbocycles. The van der Waals surface area contributed by atoms with E-state index in [0.29, 0.717) is 19.5 Å². The summed E-state index contributed by atoms with van der Waals surface area (Å²) in [5.41, 5.74) is 3.90. The number of ether oxygens (including phenoxy) is 2. The van der Waals surface area contributed by atoms with Gasteiger partial charge in [-0.25, -0.2) is 0 Å². The molecule has 1 amide bonds. The van der Waals surface area contributed by atoms with Crippen molar-refractivity contribution in [3.8, 4) is 11.5 Å². The molecule has 1 aliphatic heterocycles. The van der Waals surface area contributed by atoms with Crippen LogP contribution in [-0.4, -0.2) is 45.9 Å². The van der Waals surface area contributed by atoms with Crippen molar-refractivity contribution in [2.24, 2.45) is 0 Å². The van der Waals surface area contributed by atoms with Crippen LogP contribution in [0.3, 0.4) is 0 Å². The van der Waals surface area contributed by atoms with E-state index < -0.39 is 0 Å². The molecule has 1 aromatic heterocycles. The molecule has 2 heterocycles. The van der Waals surface area contributed by atoms with Gasteiger partial charge in [-0.05, 0) is 30.7 Å². The Kier molecular flexibility index (Phi) is 5.92. The number of carbonyl (C=O) groups is 1. The van der Waals surface area contributed by atoms with E-state index in [1.807, 2.05) is 43.3 Å². The summed E-state index contributed by atoms with van der Waals surface area (Å²) in [4.78, 5) is 14.6. The summed E-state index contributed by atoms with van der Waals surface area (Å²) in [6.45, 7) is 4.75. The fraction of sp³-hybridized carbons (Fsp3) is 0.381. The molecule has 29 heavy (non-hydrogen) atoms. The third-order valence-corrected chi connectivity index (χ3v) is 5.53. The van der Waals surface area contributed by atoms with Gasteiger partial charge in [0.05, 0.1) is 18.8 Å². The minimum Gasteiger partial charge on any atom is -0.497 e. The van der Waals surface area contributed by atoms with Crippen molar-refractivity contribution in [3.05, 3.63) is 47.5 Å². The van der Waals surface area contributed by atoms with Crippen molar-refractivity contribution in [2.45, 2.75) is 32.5 Å². The van der Waals surface area contributed by atoms with E-state index in [2.05, 4.69) is 19.0 Å². The monoisotopic (exact) mass is 412 g/mol. The molecule has 0 spiro atoms. The molecule has 4 rings (SSSR count). The molecular formula is C21H24N4O3S. The highest BCUT2D eigenvalue weighted by molar-refractivity contribution is 7.00. The Balaban J connectivity index is 1.30. The minimum absolute atomic E-state index is 0.0364. The molecule has 1 N–H and O–H groups in total. The summed E-state index contributed by atoms with van der Waals surface area (Å²) >= 11 is 1.20. The largest absolute Gasteiger partial charge is 0.497 e. The number of hydrogen-bond donors (Lipinski definition) is 1. The van der Waals surface area contributed by atoms with Crippen LogP contribution in [0.1, 0.15) is 24.5 Å². The van der Waals surface area contributed by atoms with Crippen LogP contribution >= 0.6 is 11.7 Å². The number of hydrogen-bond acceptors (Lipinski definition) is 7. The molecule has 8 heteroatoms. The summed E-state index contributed by atoms with van der Waals surface area (Å²) in [5.74, 6) is 1.68. The maximum atomic E-state index is 12.4. The zero-order valence-electron chi connectivity index (χ0n) is 16.6. The molecule has 1 atom stereocenters. The van der Waals surface area contributed by atoms with E-state index in [1.165, 1.54) is 11.7 Å². The second-order valence-corrected chi connectivity index (χ2v) is 7.78. The Morgan fingerprint density at radius 2 is 2.14 bits per heavy atom. The highest BCUT2D eigenvalue weighted by atomic mass is 32.1. The van der Waals surface area contributed by atoms with Gasteiger partial charge in [-0.3, -0.25) is 9.69 Å². The Hall–Kier alpha value is -2.71. The quantitative estimate of drug-likeness (QED) is 0.671. The van der Waals surface area contributed by atoms with Gasteiger partial charge < -0.3 is 14.8 Å². The highest BCUT2D eigenvalue weighted by Gasteiger charge is 2.21. The lowest BCUT2D eigenvalue weighted by molar-refractivity contribution is -0.121. The number of methoxy groups -OCH3 is 1. The first-order valence-corrected chi connectivity index (χ1v) is 10.4. The standard InChI is InChI=1S/C21H24N4O3S/c1-14-12-25(13-16-4-5-17(27-2)10-20(16)28-14)8-7-21(26)22-11-15-3-6-18-19(9-15)24-29-23-18/h3-6,9-10,14H,7-8,11-13H2,1-2H3,(H,22,26). The summed E-state index contributed by atoms with van der Waals surface area (Å²) in [6, 6.07) is 11.8. The lowest BCUT2D eigenvalue weighted by atomic mass is 10.1. The van der Waals surface area contributed by atoms with Crippen molar-refractivity contribution in [1.29, 1.82) is 0 Å². The van der Waals surface area contributed by atoms with Crippen LogP contribution in [0.4, 0.5) is 0 Å². The van der Waals surface area contributed by atoms with Crippen molar-refractivity contribution in [1.82, 2.24) is 19.0 Å². The highest BCUT2D eigenvalue weighted by Crippen LogP contribution is 2.29. The van der Waals surface area contributed by atoms with Crippen molar-refractivity contribution in [2.75, 3.05) is 20.2 Å². The molecule has 0 fully saturated rings. The van der Waals surface area contributed by atoms with Crippen LogP contribution in [0.5, 0.6) is 11.5 Å². The van der Waals surface area contributed by atoms with Crippen LogP contribution in [-0.2, 0) is 17.9 Å². The molecule has 0 saturated carbocycles. The normalized spacial score (nSPS) is 16.7. The molecule has 3 aromatic rings. The van der Waals surface area contributed by atoms with E-state index >= 15 is 0 Å². The van der Waals surface area contributed by atoms with Crippen LogP contribution in [0.25, 0.3) is 11.0 Å². The van der Waals surface area contributed by atoms with Crippen LogP contribution in [0.15, 0.2) is 36.4 Å². The number of rotatable bonds is 6. The molecule has 1 unspecified atom stereocenters. The first-order valence-electron chi connectivity index (χ1n) is 9.64. The number of aromatic nitrogens is 2. The Labute approximate surface area is 174 Å². The van der Waals surface area contributed by atoms with E-state index in [9.17, 15) is 4.79 Å². The first kappa shape index (κ1) is 19.6. The molecule has 1 aliphatic rings. The number of carbonyl (C=O) groups excluding carboxylic acids is 1. The predicted molar refractivity (Wildman–Crippen MR) is 112 cm³/mol. The average Bonchev–Trinajstić information content (AvgIpc) is 3.12. The third kappa shape index (κ3) is 4.83. The van der Waals surface area contributed by atoms with E-state index in [-0.39, 0.29) is 12.0 Å². The topological polar surface area (TPSA) is 76.6 Å². The Morgan fingerprint density at radius 3 is 3.00 bits per heavy atom. The molecule has 0 bridgehead atoms. The number of amides is 1. The lowest BCUT2D eigenvalue weighted by Gasteiger charge is -2.21. The second kappa shape index (κ2) is 8.75. The van der Waals surface area contributed by atoms with Crippen LogP contribution in [0.2, 0.25) is 0 Å². The Bertz CT molecular complexity index is 1010. The molecular weight excluding hydrogens is 388 g/mol. The van der Waals surface area contributed by atoms with Gasteiger partial charge in [-0.1, -0.05) is 12.1 Å². The maximum absolute atomic E-state index is 12.4. The van der Waals surface area contributed by atoms with Crippen LogP contribution in [0, 0.1) is 0 Å². The SMILES string of the molecule is COc1ccc2c(c1)OC(C)CN(CCC(=O)NCc1ccc3nsnc3c1)C2. The second-order valence-electron chi connectivity index (χ2n) is 7.25. The van der Waals surface area contributed by atoms with E-state index in [4.69, 9.17) is 9.47 Å². The van der Waals surface area contributed by atoms with Crippen LogP contribution < -0.4 is 14.8 Å². The number of fused-ring (bicyclic) bond motifs is 2. The zero-order valence-corrected chi connectivity index (χ0v) is 17.4. The summed E-state index contributed by atoms with van der Waals surface area (Å²) < 4.78 is 19.8. The zero-order chi connectivity index (χ0) is 20.2. The van der Waals surface area contributed by atoms with E-state index in [0.717, 1.165) is 46.7 Å². The minimum atomic E-state index is 0.0364. The van der Waals surface area contributed by atoms with Crippen molar-refractivity contribution < 1.29 is 14.3 Å². The number of nitrogens with zero attached hydrogens (tertiary/aromatic N) is 3. The number of nitrogens with one attached hydrogen (secondary N) is 1. The summed E-state index contributed by atoms with van der Waals surface area (Å²) in [7, 11) is 1.65. The van der Waals surface area contributed by atoms with Gasteiger partial charge in [-0.15, -0.1) is 0 Å². The Morgan fingerprint density at radius 1 is 1.28 bits per heavy atom. The fourth-order valence-corrected chi connectivity index (χ4v) is 4.00. The lowest BCUT2D eigenvalue weighted by Crippen LogP contribution is -2.34. The van der Waals surface area contributed by atoms with Gasteiger partial charge in [0.15, 0.2) is 0 Å². The maximum Gasteiger partial charge on any atom is 0.221 e. The molecule has 152 valence electrons.